The van der Waals surface area contributed by atoms with Crippen LogP contribution in [0.25, 0.3) is 0 Å². The fourth-order valence-electron chi connectivity index (χ4n) is 2.00. The van der Waals surface area contributed by atoms with Gasteiger partial charge in [0.1, 0.15) is 0 Å². The second-order valence-corrected chi connectivity index (χ2v) is 5.42. The van der Waals surface area contributed by atoms with Crippen LogP contribution in [0.2, 0.25) is 0 Å². The highest BCUT2D eigenvalue weighted by Gasteiger charge is 2.26. The van der Waals surface area contributed by atoms with Gasteiger partial charge in [0.2, 0.25) is 0 Å². The first-order valence-corrected chi connectivity index (χ1v) is 6.89. The Balaban J connectivity index is 1.95. The summed E-state index contributed by atoms with van der Waals surface area (Å²) in [7, 11) is 0. The van der Waals surface area contributed by atoms with Crippen molar-refractivity contribution >= 4 is 33.4 Å². The van der Waals surface area contributed by atoms with Gasteiger partial charge in [-0.2, -0.15) is 0 Å². The first-order chi connectivity index (χ1) is 9.06. The third kappa shape index (κ3) is 3.78. The molecule has 6 heteroatoms. The molecule has 5 nitrogen and oxygen atoms in total. The smallest absolute Gasteiger partial charge is 0.313 e. The lowest BCUT2D eigenvalue weighted by molar-refractivity contribution is -0.145. The van der Waals surface area contributed by atoms with E-state index in [1.807, 2.05) is 0 Å². The molecule has 0 aromatic heterocycles. The molecule has 1 aromatic rings. The predicted molar refractivity (Wildman–Crippen MR) is 74.6 cm³/mol. The highest BCUT2D eigenvalue weighted by molar-refractivity contribution is 9.10. The fraction of sp³-hybridized carbons (Fsp3) is 0.385. The summed E-state index contributed by atoms with van der Waals surface area (Å²) in [6.07, 6.45) is 0.870. The highest BCUT2D eigenvalue weighted by Crippen LogP contribution is 2.15. The molecule has 1 aromatic carbocycles. The standard InChI is InChI=1S/C13H15BrN2O3/c14-9-3-5-10(6-4-9)15-12(18)13(19)16-7-1-2-11(17)8-16/h3-6,11,17H,1-2,7-8H2,(H,15,18). The summed E-state index contributed by atoms with van der Waals surface area (Å²) >= 11 is 3.29. The van der Waals surface area contributed by atoms with Crippen LogP contribution in [0.5, 0.6) is 0 Å². The maximum atomic E-state index is 11.9. The average molecular weight is 327 g/mol. The molecule has 1 aliphatic heterocycles. The van der Waals surface area contributed by atoms with Crippen molar-refractivity contribution in [1.29, 1.82) is 0 Å². The van der Waals surface area contributed by atoms with Crippen molar-refractivity contribution in [2.75, 3.05) is 18.4 Å². The van der Waals surface area contributed by atoms with E-state index in [9.17, 15) is 14.7 Å². The number of hydrogen-bond acceptors (Lipinski definition) is 3. The number of likely N-dealkylation sites (tertiary alicyclic amines) is 1. The number of benzene rings is 1. The number of aliphatic hydroxyl groups is 1. The number of amides is 2. The zero-order valence-electron chi connectivity index (χ0n) is 10.3. The first-order valence-electron chi connectivity index (χ1n) is 6.10. The third-order valence-corrected chi connectivity index (χ3v) is 3.51. The van der Waals surface area contributed by atoms with Crippen LogP contribution >= 0.6 is 15.9 Å². The number of hydrogen-bond donors (Lipinski definition) is 2. The largest absolute Gasteiger partial charge is 0.391 e. The summed E-state index contributed by atoms with van der Waals surface area (Å²) in [5.41, 5.74) is 0.569. The number of carbonyl (C=O) groups is 2. The Bertz CT molecular complexity index is 475. The number of carbonyl (C=O) groups excluding carboxylic acids is 2. The zero-order chi connectivity index (χ0) is 13.8. The topological polar surface area (TPSA) is 69.6 Å². The molecule has 0 saturated carbocycles. The van der Waals surface area contributed by atoms with Gasteiger partial charge in [-0.25, -0.2) is 0 Å². The molecule has 1 aliphatic rings. The van der Waals surface area contributed by atoms with Gasteiger partial charge >= 0.3 is 11.8 Å². The molecule has 1 saturated heterocycles. The number of nitrogens with zero attached hydrogens (tertiary/aromatic N) is 1. The molecule has 102 valence electrons. The van der Waals surface area contributed by atoms with Crippen LogP contribution in [0.3, 0.4) is 0 Å². The Labute approximate surface area is 119 Å². The van der Waals surface area contributed by atoms with E-state index in [1.165, 1.54) is 4.90 Å². The summed E-state index contributed by atoms with van der Waals surface area (Å²) in [5.74, 6) is -1.27. The van der Waals surface area contributed by atoms with E-state index in [-0.39, 0.29) is 6.54 Å². The molecule has 0 spiro atoms. The Morgan fingerprint density at radius 2 is 2.00 bits per heavy atom. The van der Waals surface area contributed by atoms with E-state index in [4.69, 9.17) is 0 Å². The molecular formula is C13H15BrN2O3. The van der Waals surface area contributed by atoms with E-state index in [2.05, 4.69) is 21.2 Å². The summed E-state index contributed by atoms with van der Waals surface area (Å²) in [6, 6.07) is 6.98. The minimum absolute atomic E-state index is 0.229. The quantitative estimate of drug-likeness (QED) is 0.766. The lowest BCUT2D eigenvalue weighted by atomic mass is 10.1. The molecule has 2 amide bonds. The predicted octanol–water partition coefficient (Wildman–Crippen LogP) is 1.37. The van der Waals surface area contributed by atoms with Crippen molar-refractivity contribution < 1.29 is 14.7 Å². The summed E-state index contributed by atoms with van der Waals surface area (Å²) in [6.45, 7) is 0.746. The fourth-order valence-corrected chi connectivity index (χ4v) is 2.26. The second kappa shape index (κ2) is 6.16. The number of anilines is 1. The van der Waals surface area contributed by atoms with Gasteiger partial charge in [-0.1, -0.05) is 15.9 Å². The molecule has 0 aliphatic carbocycles. The van der Waals surface area contributed by atoms with Crippen LogP contribution in [0.1, 0.15) is 12.8 Å². The van der Waals surface area contributed by atoms with Crippen LogP contribution in [-0.4, -0.2) is 41.0 Å². The number of aliphatic hydroxyl groups excluding tert-OH is 1. The monoisotopic (exact) mass is 326 g/mol. The van der Waals surface area contributed by atoms with E-state index in [0.717, 1.165) is 10.9 Å². The molecule has 2 N–H and O–H groups in total. The second-order valence-electron chi connectivity index (χ2n) is 4.51. The van der Waals surface area contributed by atoms with E-state index >= 15 is 0 Å². The van der Waals surface area contributed by atoms with Crippen LogP contribution in [0.4, 0.5) is 5.69 Å². The van der Waals surface area contributed by atoms with Gasteiger partial charge < -0.3 is 15.3 Å². The molecule has 1 fully saturated rings. The van der Waals surface area contributed by atoms with Gasteiger partial charge in [0.05, 0.1) is 6.10 Å². The molecule has 0 bridgehead atoms. The highest BCUT2D eigenvalue weighted by atomic mass is 79.9. The number of piperidine rings is 1. The maximum Gasteiger partial charge on any atom is 0.313 e. The summed E-state index contributed by atoms with van der Waals surface area (Å²) in [4.78, 5) is 25.1. The number of β-amino-alcohol motifs (C(OH)–C–C–N with tert-alkyl or cyclic N) is 1. The number of nitrogens with one attached hydrogen (secondary N) is 1. The van der Waals surface area contributed by atoms with Gasteiger partial charge in [0.25, 0.3) is 0 Å². The SMILES string of the molecule is O=C(Nc1ccc(Br)cc1)C(=O)N1CCCC(O)C1. The maximum absolute atomic E-state index is 11.9. The van der Waals surface area contributed by atoms with E-state index < -0.39 is 17.9 Å². The minimum atomic E-state index is -0.670. The van der Waals surface area contributed by atoms with Gasteiger partial charge in [0.15, 0.2) is 0 Å². The average Bonchev–Trinajstić information content (AvgIpc) is 2.40. The normalized spacial score (nSPS) is 19.1. The lowest BCUT2D eigenvalue weighted by Crippen LogP contribution is -2.46. The number of halogens is 1. The molecule has 1 heterocycles. The van der Waals surface area contributed by atoms with Crippen LogP contribution in [0.15, 0.2) is 28.7 Å². The van der Waals surface area contributed by atoms with Gasteiger partial charge in [0, 0.05) is 23.2 Å². The van der Waals surface area contributed by atoms with Gasteiger partial charge in [-0.05, 0) is 37.1 Å². The number of rotatable bonds is 1. The van der Waals surface area contributed by atoms with Crippen molar-refractivity contribution in [2.24, 2.45) is 0 Å². The summed E-state index contributed by atoms with van der Waals surface area (Å²) in [5, 5.41) is 12.0. The zero-order valence-corrected chi connectivity index (χ0v) is 11.9. The van der Waals surface area contributed by atoms with Crippen molar-refractivity contribution in [3.05, 3.63) is 28.7 Å². The van der Waals surface area contributed by atoms with Crippen molar-refractivity contribution in [3.8, 4) is 0 Å². The Kier molecular flexibility index (Phi) is 4.55. The van der Waals surface area contributed by atoms with Crippen LogP contribution < -0.4 is 5.32 Å². The molecule has 0 radical (unpaired) electrons. The molecule has 1 atom stereocenters. The van der Waals surface area contributed by atoms with Crippen LogP contribution in [-0.2, 0) is 9.59 Å². The third-order valence-electron chi connectivity index (χ3n) is 2.98. The van der Waals surface area contributed by atoms with E-state index in [1.54, 1.807) is 24.3 Å². The van der Waals surface area contributed by atoms with Crippen molar-refractivity contribution in [1.82, 2.24) is 4.90 Å². The minimum Gasteiger partial charge on any atom is -0.391 e. The summed E-state index contributed by atoms with van der Waals surface area (Å²) < 4.78 is 0.899. The first kappa shape index (κ1) is 14.0. The van der Waals surface area contributed by atoms with Crippen LogP contribution in [0, 0.1) is 0 Å². The van der Waals surface area contributed by atoms with Crippen molar-refractivity contribution in [3.63, 3.8) is 0 Å². The van der Waals surface area contributed by atoms with E-state index in [0.29, 0.717) is 18.7 Å². The molecule has 19 heavy (non-hydrogen) atoms. The molecule has 1 unspecified atom stereocenters. The van der Waals surface area contributed by atoms with Gasteiger partial charge in [-0.15, -0.1) is 0 Å². The van der Waals surface area contributed by atoms with Gasteiger partial charge in [-0.3, -0.25) is 9.59 Å². The molecular weight excluding hydrogens is 312 g/mol. The Hall–Kier alpha value is -1.40. The Morgan fingerprint density at radius 1 is 1.32 bits per heavy atom. The molecule has 2 rings (SSSR count). The Morgan fingerprint density at radius 3 is 2.63 bits per heavy atom. The lowest BCUT2D eigenvalue weighted by Gasteiger charge is -2.29. The van der Waals surface area contributed by atoms with Crippen molar-refractivity contribution in [2.45, 2.75) is 18.9 Å².